The first-order chi connectivity index (χ1) is 8.82. The van der Waals surface area contributed by atoms with Gasteiger partial charge in [0.15, 0.2) is 0 Å². The van der Waals surface area contributed by atoms with Crippen LogP contribution in [0, 0.1) is 5.41 Å². The van der Waals surface area contributed by atoms with E-state index in [-0.39, 0.29) is 17.7 Å². The topological polar surface area (TPSA) is 66.4 Å². The second-order valence-corrected chi connectivity index (χ2v) is 6.48. The third-order valence-corrected chi connectivity index (χ3v) is 4.27. The van der Waals surface area contributed by atoms with Crippen molar-refractivity contribution in [3.63, 3.8) is 0 Å². The third kappa shape index (κ3) is 5.61. The Bertz CT molecular complexity index is 456. The minimum atomic E-state index is -0.789. The Kier molecular flexibility index (Phi) is 5.82. The molecule has 4 nitrogen and oxygen atoms in total. The molecule has 1 rings (SSSR count). The number of thiophene rings is 1. The molecule has 0 spiro atoms. The van der Waals surface area contributed by atoms with Crippen molar-refractivity contribution in [3.8, 4) is 0 Å². The molecule has 19 heavy (non-hydrogen) atoms. The smallest absolute Gasteiger partial charge is 0.303 e. The zero-order chi connectivity index (χ0) is 14.5. The highest BCUT2D eigenvalue weighted by Gasteiger charge is 2.20. The summed E-state index contributed by atoms with van der Waals surface area (Å²) in [5.74, 6) is -0.962. The monoisotopic (exact) mass is 303 g/mol. The van der Waals surface area contributed by atoms with E-state index in [2.05, 4.69) is 5.32 Å². The summed E-state index contributed by atoms with van der Waals surface area (Å²) in [4.78, 5) is 22.9. The lowest BCUT2D eigenvalue weighted by atomic mass is 9.84. The standard InChI is InChI=1S/C13H18ClNO3S/c1-13(2,5-3-10(16)17)6-7-15-12(18)11-9(14)4-8-19-11/h4,8H,3,5-7H2,1-2H3,(H,15,18)(H,16,17). The van der Waals surface area contributed by atoms with E-state index < -0.39 is 5.97 Å². The van der Waals surface area contributed by atoms with E-state index in [9.17, 15) is 9.59 Å². The Hall–Kier alpha value is -1.07. The molecule has 106 valence electrons. The fraction of sp³-hybridized carbons (Fsp3) is 0.538. The van der Waals surface area contributed by atoms with Gasteiger partial charge in [0.1, 0.15) is 4.88 Å². The highest BCUT2D eigenvalue weighted by Crippen LogP contribution is 2.26. The van der Waals surface area contributed by atoms with Crippen LogP contribution in [0.2, 0.25) is 5.02 Å². The summed E-state index contributed by atoms with van der Waals surface area (Å²) in [5.41, 5.74) is -0.106. The van der Waals surface area contributed by atoms with Gasteiger partial charge >= 0.3 is 5.97 Å². The molecular formula is C13H18ClNO3S. The predicted molar refractivity (Wildman–Crippen MR) is 76.9 cm³/mol. The van der Waals surface area contributed by atoms with Crippen LogP contribution in [0.4, 0.5) is 0 Å². The maximum Gasteiger partial charge on any atom is 0.303 e. The van der Waals surface area contributed by atoms with Gasteiger partial charge in [0.25, 0.3) is 5.91 Å². The minimum absolute atomic E-state index is 0.106. The van der Waals surface area contributed by atoms with Crippen molar-refractivity contribution >= 4 is 34.8 Å². The van der Waals surface area contributed by atoms with Gasteiger partial charge in [-0.3, -0.25) is 9.59 Å². The Morgan fingerprint density at radius 2 is 2.11 bits per heavy atom. The number of nitrogens with one attached hydrogen (secondary N) is 1. The van der Waals surface area contributed by atoms with Gasteiger partial charge in [0.05, 0.1) is 5.02 Å². The van der Waals surface area contributed by atoms with Gasteiger partial charge in [-0.1, -0.05) is 25.4 Å². The van der Waals surface area contributed by atoms with Crippen molar-refractivity contribution in [2.75, 3.05) is 6.54 Å². The molecule has 0 radical (unpaired) electrons. The van der Waals surface area contributed by atoms with Crippen molar-refractivity contribution in [1.29, 1.82) is 0 Å². The normalized spacial score (nSPS) is 11.3. The van der Waals surface area contributed by atoms with Crippen LogP contribution in [0.3, 0.4) is 0 Å². The molecule has 0 aliphatic heterocycles. The largest absolute Gasteiger partial charge is 0.481 e. The molecule has 0 aliphatic rings. The maximum atomic E-state index is 11.8. The summed E-state index contributed by atoms with van der Waals surface area (Å²) < 4.78 is 0. The molecule has 1 heterocycles. The zero-order valence-corrected chi connectivity index (χ0v) is 12.6. The van der Waals surface area contributed by atoms with Gasteiger partial charge in [-0.15, -0.1) is 11.3 Å². The molecule has 0 fully saturated rings. The number of aliphatic carboxylic acids is 1. The Morgan fingerprint density at radius 3 is 2.63 bits per heavy atom. The lowest BCUT2D eigenvalue weighted by Crippen LogP contribution is -2.28. The Morgan fingerprint density at radius 1 is 1.42 bits per heavy atom. The molecule has 0 saturated heterocycles. The molecule has 0 aromatic carbocycles. The maximum absolute atomic E-state index is 11.8. The summed E-state index contributed by atoms with van der Waals surface area (Å²) >= 11 is 7.18. The molecule has 1 aromatic rings. The summed E-state index contributed by atoms with van der Waals surface area (Å²) in [6.45, 7) is 4.51. The van der Waals surface area contributed by atoms with E-state index in [1.807, 2.05) is 13.8 Å². The van der Waals surface area contributed by atoms with Crippen molar-refractivity contribution in [1.82, 2.24) is 5.32 Å². The molecule has 0 unspecified atom stereocenters. The predicted octanol–water partition coefficient (Wildman–Crippen LogP) is 3.41. The van der Waals surface area contributed by atoms with Gasteiger partial charge in [-0.2, -0.15) is 0 Å². The Labute approximate surface area is 121 Å². The first-order valence-corrected chi connectivity index (χ1v) is 7.30. The van der Waals surface area contributed by atoms with Crippen LogP contribution in [0.1, 0.15) is 42.8 Å². The molecule has 1 aromatic heterocycles. The van der Waals surface area contributed by atoms with Crippen LogP contribution in [-0.2, 0) is 4.79 Å². The van der Waals surface area contributed by atoms with Crippen LogP contribution in [-0.4, -0.2) is 23.5 Å². The molecule has 0 saturated carbocycles. The Balaban J connectivity index is 2.35. The molecule has 6 heteroatoms. The summed E-state index contributed by atoms with van der Waals surface area (Å²) in [7, 11) is 0. The fourth-order valence-corrected chi connectivity index (χ4v) is 2.68. The van der Waals surface area contributed by atoms with Gasteiger partial charge in [-0.05, 0) is 29.7 Å². The number of carbonyl (C=O) groups is 2. The van der Waals surface area contributed by atoms with Crippen molar-refractivity contribution in [2.24, 2.45) is 5.41 Å². The van der Waals surface area contributed by atoms with E-state index in [0.29, 0.717) is 22.9 Å². The van der Waals surface area contributed by atoms with Gasteiger partial charge in [0.2, 0.25) is 0 Å². The average Bonchev–Trinajstić information content (AvgIpc) is 2.73. The second-order valence-electron chi connectivity index (χ2n) is 5.16. The average molecular weight is 304 g/mol. The van der Waals surface area contributed by atoms with E-state index in [4.69, 9.17) is 16.7 Å². The number of carboxylic acid groups (broad SMARTS) is 1. The number of carbonyl (C=O) groups excluding carboxylic acids is 1. The number of carboxylic acids is 1. The van der Waals surface area contributed by atoms with E-state index in [1.165, 1.54) is 11.3 Å². The van der Waals surface area contributed by atoms with Crippen LogP contribution < -0.4 is 5.32 Å². The SMILES string of the molecule is CC(C)(CCNC(=O)c1sccc1Cl)CCC(=O)O. The van der Waals surface area contributed by atoms with Crippen molar-refractivity contribution < 1.29 is 14.7 Å². The first kappa shape index (κ1) is 16.0. The highest BCUT2D eigenvalue weighted by atomic mass is 35.5. The summed E-state index contributed by atoms with van der Waals surface area (Å²) in [6.07, 6.45) is 1.48. The highest BCUT2D eigenvalue weighted by molar-refractivity contribution is 7.12. The first-order valence-electron chi connectivity index (χ1n) is 6.05. The van der Waals surface area contributed by atoms with Gasteiger partial charge in [0, 0.05) is 13.0 Å². The number of rotatable bonds is 7. The van der Waals surface area contributed by atoms with Crippen LogP contribution in [0.25, 0.3) is 0 Å². The van der Waals surface area contributed by atoms with E-state index >= 15 is 0 Å². The van der Waals surface area contributed by atoms with E-state index in [1.54, 1.807) is 11.4 Å². The van der Waals surface area contributed by atoms with Crippen molar-refractivity contribution in [2.45, 2.75) is 33.1 Å². The van der Waals surface area contributed by atoms with Crippen molar-refractivity contribution in [3.05, 3.63) is 21.3 Å². The van der Waals surface area contributed by atoms with Crippen LogP contribution >= 0.6 is 22.9 Å². The van der Waals surface area contributed by atoms with Crippen LogP contribution in [0.15, 0.2) is 11.4 Å². The van der Waals surface area contributed by atoms with Gasteiger partial charge in [-0.25, -0.2) is 0 Å². The number of hydrogen-bond donors (Lipinski definition) is 2. The van der Waals surface area contributed by atoms with E-state index in [0.717, 1.165) is 6.42 Å². The number of hydrogen-bond acceptors (Lipinski definition) is 3. The number of halogens is 1. The van der Waals surface area contributed by atoms with Gasteiger partial charge < -0.3 is 10.4 Å². The zero-order valence-electron chi connectivity index (χ0n) is 11.0. The second kappa shape index (κ2) is 6.91. The molecular weight excluding hydrogens is 286 g/mol. The molecule has 0 atom stereocenters. The van der Waals surface area contributed by atoms with Crippen LogP contribution in [0.5, 0.6) is 0 Å². The number of amides is 1. The minimum Gasteiger partial charge on any atom is -0.481 e. The third-order valence-electron chi connectivity index (χ3n) is 2.93. The molecule has 2 N–H and O–H groups in total. The lowest BCUT2D eigenvalue weighted by Gasteiger charge is -2.23. The summed E-state index contributed by atoms with van der Waals surface area (Å²) in [6, 6.07) is 1.69. The molecule has 1 amide bonds. The molecule has 0 aliphatic carbocycles. The molecule has 0 bridgehead atoms. The quantitative estimate of drug-likeness (QED) is 0.811. The summed E-state index contributed by atoms with van der Waals surface area (Å²) in [5, 5.41) is 13.7. The lowest BCUT2D eigenvalue weighted by molar-refractivity contribution is -0.137. The fourth-order valence-electron chi connectivity index (χ4n) is 1.62.